The maximum Gasteiger partial charge on any atom is 0.194 e. The molecule has 0 aliphatic heterocycles. The second kappa shape index (κ2) is 2.24. The second-order valence-electron chi connectivity index (χ2n) is 2.37. The van der Waals surface area contributed by atoms with Gasteiger partial charge in [-0.25, -0.2) is 0 Å². The fourth-order valence-electron chi connectivity index (χ4n) is 1.07. The second-order valence-corrected chi connectivity index (χ2v) is 2.74. The third-order valence-corrected chi connectivity index (χ3v) is 1.77. The predicted octanol–water partition coefficient (Wildman–Crippen LogP) is 2.79. The van der Waals surface area contributed by atoms with E-state index in [0.29, 0.717) is 5.22 Å². The molecule has 0 saturated carbocycles. The van der Waals surface area contributed by atoms with Gasteiger partial charge >= 0.3 is 0 Å². The molecule has 0 amide bonds. The molecule has 0 saturated heterocycles. The van der Waals surface area contributed by atoms with Crippen molar-refractivity contribution in [3.63, 3.8) is 0 Å². The summed E-state index contributed by atoms with van der Waals surface area (Å²) < 4.78 is 5.20. The molecule has 0 fully saturated rings. The Bertz CT molecular complexity index is 394. The van der Waals surface area contributed by atoms with Crippen LogP contribution in [0.25, 0.3) is 11.0 Å². The highest BCUT2D eigenvalue weighted by atomic mass is 35.5. The van der Waals surface area contributed by atoms with Gasteiger partial charge in [0.1, 0.15) is 0 Å². The average Bonchev–Trinajstić information content (AvgIpc) is 2.31. The van der Waals surface area contributed by atoms with E-state index in [-0.39, 0.29) is 0 Å². The summed E-state index contributed by atoms with van der Waals surface area (Å²) in [5.41, 5.74) is 1.65. The van der Waals surface area contributed by atoms with Crippen LogP contribution in [0, 0.1) is 6.92 Å². The van der Waals surface area contributed by atoms with E-state index in [1.807, 2.05) is 13.0 Å². The fourth-order valence-corrected chi connectivity index (χ4v) is 1.26. The van der Waals surface area contributed by atoms with E-state index in [4.69, 9.17) is 16.0 Å². The Hall–Kier alpha value is -1.02. The Morgan fingerprint density at radius 1 is 1.55 bits per heavy atom. The lowest BCUT2D eigenvalue weighted by Gasteiger charge is -1.89. The molecule has 2 nitrogen and oxygen atoms in total. The number of hydrogen-bond donors (Lipinski definition) is 0. The molecule has 0 aromatic carbocycles. The molecule has 0 radical (unpaired) electrons. The number of pyridine rings is 1. The zero-order valence-corrected chi connectivity index (χ0v) is 6.72. The van der Waals surface area contributed by atoms with E-state index < -0.39 is 0 Å². The maximum absolute atomic E-state index is 5.66. The standard InChI is InChI=1S/C8H6ClNO/c1-5-8-6(2-3-10-5)4-7(9)11-8/h2-4H,1H3. The van der Waals surface area contributed by atoms with Crippen LogP contribution in [0.1, 0.15) is 5.69 Å². The number of aryl methyl sites for hydroxylation is 1. The maximum atomic E-state index is 5.66. The topological polar surface area (TPSA) is 26.0 Å². The largest absolute Gasteiger partial charge is 0.443 e. The lowest BCUT2D eigenvalue weighted by Crippen LogP contribution is -1.77. The van der Waals surface area contributed by atoms with E-state index in [9.17, 15) is 0 Å². The molecule has 11 heavy (non-hydrogen) atoms. The van der Waals surface area contributed by atoms with Crippen LogP contribution < -0.4 is 0 Å². The Morgan fingerprint density at radius 2 is 2.36 bits per heavy atom. The molecule has 3 heteroatoms. The molecule has 56 valence electrons. The molecule has 0 bridgehead atoms. The van der Waals surface area contributed by atoms with E-state index in [2.05, 4.69) is 4.98 Å². The van der Waals surface area contributed by atoms with Crippen molar-refractivity contribution in [2.75, 3.05) is 0 Å². The van der Waals surface area contributed by atoms with Crippen LogP contribution in [0.3, 0.4) is 0 Å². The molecule has 2 rings (SSSR count). The van der Waals surface area contributed by atoms with Gasteiger partial charge in [-0.15, -0.1) is 0 Å². The summed E-state index contributed by atoms with van der Waals surface area (Å²) in [6.45, 7) is 1.89. The van der Waals surface area contributed by atoms with E-state index in [1.54, 1.807) is 12.3 Å². The van der Waals surface area contributed by atoms with Crippen LogP contribution in [0.5, 0.6) is 0 Å². The van der Waals surface area contributed by atoms with Crippen LogP contribution in [-0.2, 0) is 0 Å². The van der Waals surface area contributed by atoms with Crippen molar-refractivity contribution >= 4 is 22.6 Å². The SMILES string of the molecule is Cc1nccc2cc(Cl)oc12. The van der Waals surface area contributed by atoms with Crippen LogP contribution in [0.4, 0.5) is 0 Å². The minimum absolute atomic E-state index is 0.413. The number of halogens is 1. The van der Waals surface area contributed by atoms with Gasteiger partial charge in [0.25, 0.3) is 0 Å². The molecule has 0 aliphatic carbocycles. The summed E-state index contributed by atoms with van der Waals surface area (Å²) in [5, 5.41) is 1.42. The zero-order chi connectivity index (χ0) is 7.84. The average molecular weight is 168 g/mol. The van der Waals surface area contributed by atoms with Crippen molar-refractivity contribution in [2.24, 2.45) is 0 Å². The zero-order valence-electron chi connectivity index (χ0n) is 5.97. The van der Waals surface area contributed by atoms with Crippen LogP contribution >= 0.6 is 11.6 Å². The minimum atomic E-state index is 0.413. The van der Waals surface area contributed by atoms with Crippen molar-refractivity contribution in [1.82, 2.24) is 4.98 Å². The first-order valence-corrected chi connectivity index (χ1v) is 3.66. The Kier molecular flexibility index (Phi) is 1.36. The number of nitrogens with zero attached hydrogens (tertiary/aromatic N) is 1. The molecular weight excluding hydrogens is 162 g/mol. The molecular formula is C8H6ClNO. The number of fused-ring (bicyclic) bond motifs is 1. The first-order chi connectivity index (χ1) is 5.27. The summed E-state index contributed by atoms with van der Waals surface area (Å²) in [4.78, 5) is 4.07. The van der Waals surface area contributed by atoms with Crippen molar-refractivity contribution in [3.8, 4) is 0 Å². The van der Waals surface area contributed by atoms with Crippen LogP contribution in [0.15, 0.2) is 22.7 Å². The summed E-state index contributed by atoms with van der Waals surface area (Å²) in [7, 11) is 0. The lowest BCUT2D eigenvalue weighted by atomic mass is 10.3. The van der Waals surface area contributed by atoms with Gasteiger partial charge in [0.2, 0.25) is 0 Å². The van der Waals surface area contributed by atoms with Gasteiger partial charge in [0, 0.05) is 17.6 Å². The molecule has 0 spiro atoms. The highest BCUT2D eigenvalue weighted by Gasteiger charge is 2.03. The van der Waals surface area contributed by atoms with Crippen LogP contribution in [-0.4, -0.2) is 4.98 Å². The van der Waals surface area contributed by atoms with Crippen molar-refractivity contribution in [2.45, 2.75) is 6.92 Å². The number of hydrogen-bond acceptors (Lipinski definition) is 2. The molecule has 0 aliphatic rings. The van der Waals surface area contributed by atoms with Crippen molar-refractivity contribution in [1.29, 1.82) is 0 Å². The van der Waals surface area contributed by atoms with Gasteiger partial charge in [-0.05, 0) is 24.6 Å². The summed E-state index contributed by atoms with van der Waals surface area (Å²) in [5.74, 6) is 0. The normalized spacial score (nSPS) is 10.7. The summed E-state index contributed by atoms with van der Waals surface area (Å²) in [6.07, 6.45) is 1.74. The highest BCUT2D eigenvalue weighted by Crippen LogP contribution is 2.23. The van der Waals surface area contributed by atoms with Crippen molar-refractivity contribution in [3.05, 3.63) is 29.2 Å². The monoisotopic (exact) mass is 167 g/mol. The number of rotatable bonds is 0. The third kappa shape index (κ3) is 0.994. The quantitative estimate of drug-likeness (QED) is 0.603. The summed E-state index contributed by atoms with van der Waals surface area (Å²) in [6, 6.07) is 3.66. The molecule has 2 aromatic heterocycles. The molecule has 0 unspecified atom stereocenters. The smallest absolute Gasteiger partial charge is 0.194 e. The Morgan fingerprint density at radius 3 is 3.09 bits per heavy atom. The molecule has 2 heterocycles. The minimum Gasteiger partial charge on any atom is -0.443 e. The van der Waals surface area contributed by atoms with Gasteiger partial charge in [-0.2, -0.15) is 0 Å². The first kappa shape index (κ1) is 6.68. The van der Waals surface area contributed by atoms with Gasteiger partial charge in [0.05, 0.1) is 5.69 Å². The predicted molar refractivity (Wildman–Crippen MR) is 43.8 cm³/mol. The fraction of sp³-hybridized carbons (Fsp3) is 0.125. The highest BCUT2D eigenvalue weighted by molar-refractivity contribution is 6.29. The van der Waals surface area contributed by atoms with Gasteiger partial charge in [-0.1, -0.05) is 0 Å². The lowest BCUT2D eigenvalue weighted by molar-refractivity contribution is 0.613. The number of aromatic nitrogens is 1. The van der Waals surface area contributed by atoms with E-state index >= 15 is 0 Å². The van der Waals surface area contributed by atoms with Gasteiger partial charge in [0.15, 0.2) is 10.8 Å². The third-order valence-electron chi connectivity index (χ3n) is 1.58. The van der Waals surface area contributed by atoms with Gasteiger partial charge < -0.3 is 4.42 Å². The Labute approximate surface area is 68.8 Å². The molecule has 0 atom stereocenters. The van der Waals surface area contributed by atoms with E-state index in [1.165, 1.54) is 0 Å². The van der Waals surface area contributed by atoms with E-state index in [0.717, 1.165) is 16.7 Å². The van der Waals surface area contributed by atoms with Gasteiger partial charge in [-0.3, -0.25) is 4.98 Å². The first-order valence-electron chi connectivity index (χ1n) is 3.28. The molecule has 2 aromatic rings. The Balaban J connectivity index is 2.90. The number of furan rings is 1. The van der Waals surface area contributed by atoms with Crippen molar-refractivity contribution < 1.29 is 4.42 Å². The van der Waals surface area contributed by atoms with Crippen LogP contribution in [0.2, 0.25) is 5.22 Å². The summed E-state index contributed by atoms with van der Waals surface area (Å²) >= 11 is 5.66. The molecule has 0 N–H and O–H groups in total.